The second-order valence-corrected chi connectivity index (χ2v) is 6.10. The van der Waals surface area contributed by atoms with Gasteiger partial charge in [0.05, 0.1) is 6.26 Å². The van der Waals surface area contributed by atoms with Gasteiger partial charge in [-0.25, -0.2) is 4.79 Å². The van der Waals surface area contributed by atoms with Crippen molar-refractivity contribution in [2.45, 2.75) is 24.1 Å². The van der Waals surface area contributed by atoms with Gasteiger partial charge in [-0.1, -0.05) is 0 Å². The van der Waals surface area contributed by atoms with Crippen LogP contribution in [0.1, 0.15) is 12.2 Å². The molecule has 0 spiro atoms. The van der Waals surface area contributed by atoms with E-state index in [1.54, 1.807) is 12.1 Å². The van der Waals surface area contributed by atoms with E-state index in [1.807, 2.05) is 0 Å². The molecule has 1 N–H and O–H groups in total. The van der Waals surface area contributed by atoms with Crippen LogP contribution < -0.4 is 0 Å². The van der Waals surface area contributed by atoms with Gasteiger partial charge in [0.15, 0.2) is 0 Å². The van der Waals surface area contributed by atoms with E-state index >= 15 is 0 Å². The summed E-state index contributed by atoms with van der Waals surface area (Å²) in [5.74, 6) is -1.65. The quantitative estimate of drug-likeness (QED) is 0.778. The van der Waals surface area contributed by atoms with Gasteiger partial charge in [0, 0.05) is 19.4 Å². The maximum atomic E-state index is 12.9. The Hall–Kier alpha value is -1.90. The lowest BCUT2D eigenvalue weighted by Crippen LogP contribution is -2.44. The van der Waals surface area contributed by atoms with Gasteiger partial charge in [-0.05, 0) is 12.1 Å². The zero-order valence-corrected chi connectivity index (χ0v) is 11.0. The maximum absolute atomic E-state index is 12.9. The number of carbonyl (C=O) groups excluding carboxylic acids is 1. The molecular formula is C11H12FNO6S. The van der Waals surface area contributed by atoms with Crippen LogP contribution in [-0.2, 0) is 26.2 Å². The standard InChI is InChI=1S/C11H12FNO6S/c12-20(17,18)8-5-10(14)13(6-8)9(11(15)16)4-7-2-1-3-19-7/h1-3,8-9H,4-6H2,(H,15,16). The predicted octanol–water partition coefficient (Wildman–Crippen LogP) is 0.175. The van der Waals surface area contributed by atoms with Gasteiger partial charge in [-0.15, -0.1) is 3.89 Å². The molecule has 1 fully saturated rings. The Morgan fingerprint density at radius 1 is 1.60 bits per heavy atom. The van der Waals surface area contributed by atoms with E-state index in [0.717, 1.165) is 4.90 Å². The monoisotopic (exact) mass is 305 g/mol. The summed E-state index contributed by atoms with van der Waals surface area (Å²) in [5, 5.41) is 7.65. The van der Waals surface area contributed by atoms with Crippen molar-refractivity contribution >= 4 is 22.1 Å². The summed E-state index contributed by atoms with van der Waals surface area (Å²) >= 11 is 0. The number of carbonyl (C=O) groups is 2. The second-order valence-electron chi connectivity index (χ2n) is 4.49. The number of rotatable bonds is 5. The van der Waals surface area contributed by atoms with Crippen molar-refractivity contribution in [2.75, 3.05) is 6.54 Å². The first-order valence-corrected chi connectivity index (χ1v) is 7.22. The summed E-state index contributed by atoms with van der Waals surface area (Å²) in [7, 11) is -4.87. The van der Waals surface area contributed by atoms with Crippen LogP contribution in [0.3, 0.4) is 0 Å². The first-order valence-electron chi connectivity index (χ1n) is 5.77. The number of aliphatic carboxylic acids is 1. The highest BCUT2D eigenvalue weighted by Crippen LogP contribution is 2.23. The fourth-order valence-corrected chi connectivity index (χ4v) is 2.82. The number of carboxylic acid groups (broad SMARTS) is 1. The third-order valence-corrected chi connectivity index (χ3v) is 4.27. The highest BCUT2D eigenvalue weighted by molar-refractivity contribution is 7.87. The van der Waals surface area contributed by atoms with Gasteiger partial charge < -0.3 is 14.4 Å². The lowest BCUT2D eigenvalue weighted by molar-refractivity contribution is -0.148. The SMILES string of the molecule is O=C(O)C(Cc1ccco1)N1CC(S(=O)(=O)F)CC1=O. The molecular weight excluding hydrogens is 293 g/mol. The summed E-state index contributed by atoms with van der Waals surface area (Å²) in [5.41, 5.74) is 0. The van der Waals surface area contributed by atoms with E-state index in [4.69, 9.17) is 9.52 Å². The van der Waals surface area contributed by atoms with E-state index < -0.39 is 46.4 Å². The van der Waals surface area contributed by atoms with Gasteiger partial charge in [0.2, 0.25) is 5.91 Å². The minimum atomic E-state index is -4.87. The molecule has 1 saturated heterocycles. The number of carboxylic acids is 1. The van der Waals surface area contributed by atoms with E-state index in [-0.39, 0.29) is 6.42 Å². The van der Waals surface area contributed by atoms with Crippen LogP contribution in [0.15, 0.2) is 22.8 Å². The number of amides is 1. The predicted molar refractivity (Wildman–Crippen MR) is 64.0 cm³/mol. The Bertz CT molecular complexity index is 611. The Kier molecular flexibility index (Phi) is 3.80. The Morgan fingerprint density at radius 3 is 2.75 bits per heavy atom. The van der Waals surface area contributed by atoms with Crippen LogP contribution in [0.5, 0.6) is 0 Å². The maximum Gasteiger partial charge on any atom is 0.326 e. The third kappa shape index (κ3) is 2.98. The zero-order chi connectivity index (χ0) is 14.9. The van der Waals surface area contributed by atoms with Crippen LogP contribution >= 0.6 is 0 Å². The van der Waals surface area contributed by atoms with Crippen molar-refractivity contribution in [3.8, 4) is 0 Å². The summed E-state index contributed by atoms with van der Waals surface area (Å²) in [6, 6.07) is 1.83. The number of hydrogen-bond acceptors (Lipinski definition) is 5. The molecule has 1 amide bonds. The number of halogens is 1. The highest BCUT2D eigenvalue weighted by Gasteiger charge is 2.43. The Balaban J connectivity index is 2.18. The van der Waals surface area contributed by atoms with Gasteiger partial charge in [0.1, 0.15) is 17.1 Å². The van der Waals surface area contributed by atoms with Crippen molar-refractivity contribution in [1.82, 2.24) is 4.90 Å². The average molecular weight is 305 g/mol. The highest BCUT2D eigenvalue weighted by atomic mass is 32.3. The molecule has 2 rings (SSSR count). The molecule has 0 saturated carbocycles. The molecule has 0 bridgehead atoms. The summed E-state index contributed by atoms with van der Waals surface area (Å²) in [6.07, 6.45) is 0.711. The van der Waals surface area contributed by atoms with Crippen LogP contribution in [0.2, 0.25) is 0 Å². The number of likely N-dealkylation sites (tertiary alicyclic amines) is 1. The minimum absolute atomic E-state index is 0.104. The average Bonchev–Trinajstić information content (AvgIpc) is 2.94. The molecule has 2 unspecified atom stereocenters. The van der Waals surface area contributed by atoms with Gasteiger partial charge in [-0.2, -0.15) is 8.42 Å². The first kappa shape index (κ1) is 14.5. The molecule has 0 aliphatic carbocycles. The molecule has 2 heterocycles. The topological polar surface area (TPSA) is 105 Å². The van der Waals surface area contributed by atoms with E-state index in [9.17, 15) is 21.9 Å². The normalized spacial score (nSPS) is 21.1. The van der Waals surface area contributed by atoms with Crippen LogP contribution in [0.4, 0.5) is 3.89 Å². The Morgan fingerprint density at radius 2 is 2.30 bits per heavy atom. The molecule has 1 aliphatic heterocycles. The van der Waals surface area contributed by atoms with Crippen molar-refractivity contribution < 1.29 is 31.4 Å². The van der Waals surface area contributed by atoms with Gasteiger partial charge >= 0.3 is 16.2 Å². The Labute approximate surface area is 114 Å². The van der Waals surface area contributed by atoms with Gasteiger partial charge in [-0.3, -0.25) is 4.79 Å². The van der Waals surface area contributed by atoms with Crippen molar-refractivity contribution in [2.24, 2.45) is 0 Å². The van der Waals surface area contributed by atoms with Gasteiger partial charge in [0.25, 0.3) is 0 Å². The molecule has 2 atom stereocenters. The summed E-state index contributed by atoms with van der Waals surface area (Å²) in [6.45, 7) is -0.463. The number of hydrogen-bond donors (Lipinski definition) is 1. The van der Waals surface area contributed by atoms with Crippen LogP contribution in [0, 0.1) is 0 Å². The van der Waals surface area contributed by atoms with Crippen LogP contribution in [-0.4, -0.2) is 48.1 Å². The van der Waals surface area contributed by atoms with Crippen molar-refractivity contribution in [1.29, 1.82) is 0 Å². The molecule has 1 aromatic heterocycles. The minimum Gasteiger partial charge on any atom is -0.480 e. The van der Waals surface area contributed by atoms with Crippen molar-refractivity contribution in [3.05, 3.63) is 24.2 Å². The summed E-state index contributed by atoms with van der Waals surface area (Å²) in [4.78, 5) is 23.8. The van der Waals surface area contributed by atoms with E-state index in [2.05, 4.69) is 0 Å². The second kappa shape index (κ2) is 5.23. The molecule has 7 nitrogen and oxygen atoms in total. The molecule has 110 valence electrons. The lowest BCUT2D eigenvalue weighted by atomic mass is 10.1. The molecule has 0 aromatic carbocycles. The largest absolute Gasteiger partial charge is 0.480 e. The van der Waals surface area contributed by atoms with Crippen LogP contribution in [0.25, 0.3) is 0 Å². The first-order chi connectivity index (χ1) is 9.29. The van der Waals surface area contributed by atoms with E-state index in [1.165, 1.54) is 6.26 Å². The zero-order valence-electron chi connectivity index (χ0n) is 10.2. The number of nitrogens with zero attached hydrogens (tertiary/aromatic N) is 1. The van der Waals surface area contributed by atoms with E-state index in [0.29, 0.717) is 5.76 Å². The molecule has 1 aromatic rings. The third-order valence-electron chi connectivity index (χ3n) is 3.16. The van der Waals surface area contributed by atoms with Crippen molar-refractivity contribution in [3.63, 3.8) is 0 Å². The fraction of sp³-hybridized carbons (Fsp3) is 0.455. The fourth-order valence-electron chi connectivity index (χ4n) is 2.14. The molecule has 9 heteroatoms. The molecule has 20 heavy (non-hydrogen) atoms. The number of furan rings is 1. The summed E-state index contributed by atoms with van der Waals surface area (Å²) < 4.78 is 39.6. The smallest absolute Gasteiger partial charge is 0.326 e. The molecule has 1 aliphatic rings. The lowest BCUT2D eigenvalue weighted by Gasteiger charge is -2.23. The molecule has 0 radical (unpaired) electrons.